The van der Waals surface area contributed by atoms with Crippen LogP contribution in [-0.4, -0.2) is 26.4 Å². The highest BCUT2D eigenvalue weighted by atomic mass is 32.2. The number of hydrogen-bond donors (Lipinski definition) is 1. The summed E-state index contributed by atoms with van der Waals surface area (Å²) in [5, 5.41) is 10.1. The summed E-state index contributed by atoms with van der Waals surface area (Å²) >= 11 is 0. The second-order valence-electron chi connectivity index (χ2n) is 4.34. The highest BCUT2D eigenvalue weighted by Crippen LogP contribution is 2.27. The molecular formula is C13H16O4S. The standard InChI is InChI=1S/C13H16O4S/c1-18(15,16)11-6-4-5-10(9-11)13(14)12-7-2-3-8-17-12/h4-7,9,13-14H,2-3,8H2,1H3. The minimum absolute atomic E-state index is 0.204. The minimum Gasteiger partial charge on any atom is -0.495 e. The zero-order chi connectivity index (χ0) is 13.2. The van der Waals surface area contributed by atoms with Crippen molar-refractivity contribution in [2.45, 2.75) is 23.8 Å². The summed E-state index contributed by atoms with van der Waals surface area (Å²) in [4.78, 5) is 0.204. The lowest BCUT2D eigenvalue weighted by molar-refractivity contribution is 0.0917. The van der Waals surface area contributed by atoms with Crippen LogP contribution in [0, 0.1) is 0 Å². The van der Waals surface area contributed by atoms with Crippen molar-refractivity contribution in [2.75, 3.05) is 12.9 Å². The van der Waals surface area contributed by atoms with E-state index in [1.165, 1.54) is 12.1 Å². The molecule has 1 aromatic carbocycles. The summed E-state index contributed by atoms with van der Waals surface area (Å²) in [7, 11) is -3.26. The number of allylic oxidation sites excluding steroid dienone is 1. The van der Waals surface area contributed by atoms with Crippen molar-refractivity contribution in [3.63, 3.8) is 0 Å². The van der Waals surface area contributed by atoms with Gasteiger partial charge in [0, 0.05) is 6.26 Å². The molecule has 0 fully saturated rings. The Hall–Kier alpha value is -1.33. The number of ether oxygens (including phenoxy) is 1. The van der Waals surface area contributed by atoms with Gasteiger partial charge in [0.05, 0.1) is 11.5 Å². The monoisotopic (exact) mass is 268 g/mol. The van der Waals surface area contributed by atoms with Crippen LogP contribution in [0.2, 0.25) is 0 Å². The van der Waals surface area contributed by atoms with Gasteiger partial charge < -0.3 is 9.84 Å². The van der Waals surface area contributed by atoms with Crippen molar-refractivity contribution in [3.8, 4) is 0 Å². The van der Waals surface area contributed by atoms with Gasteiger partial charge in [-0.3, -0.25) is 0 Å². The molecule has 1 aliphatic heterocycles. The fourth-order valence-corrected chi connectivity index (χ4v) is 2.52. The topological polar surface area (TPSA) is 63.6 Å². The maximum atomic E-state index is 11.5. The first-order chi connectivity index (χ1) is 8.48. The molecule has 0 spiro atoms. The Morgan fingerprint density at radius 3 is 2.78 bits per heavy atom. The van der Waals surface area contributed by atoms with Crippen LogP contribution in [0.3, 0.4) is 0 Å². The second-order valence-corrected chi connectivity index (χ2v) is 6.36. The van der Waals surface area contributed by atoms with Gasteiger partial charge >= 0.3 is 0 Å². The lowest BCUT2D eigenvalue weighted by atomic mass is 10.1. The molecule has 2 rings (SSSR count). The average Bonchev–Trinajstić information content (AvgIpc) is 2.38. The van der Waals surface area contributed by atoms with Gasteiger partial charge in [-0.15, -0.1) is 0 Å². The Morgan fingerprint density at radius 1 is 1.39 bits per heavy atom. The third kappa shape index (κ3) is 2.91. The fraction of sp³-hybridized carbons (Fsp3) is 0.385. The average molecular weight is 268 g/mol. The third-order valence-corrected chi connectivity index (χ3v) is 3.94. The Bertz CT molecular complexity index is 560. The van der Waals surface area contributed by atoms with Crippen LogP contribution in [-0.2, 0) is 14.6 Å². The molecular weight excluding hydrogens is 252 g/mol. The number of benzene rings is 1. The normalized spacial score (nSPS) is 17.8. The van der Waals surface area contributed by atoms with Crippen LogP contribution in [0.1, 0.15) is 24.5 Å². The molecule has 0 radical (unpaired) electrons. The van der Waals surface area contributed by atoms with Gasteiger partial charge in [-0.05, 0) is 36.6 Å². The molecule has 0 saturated heterocycles. The maximum Gasteiger partial charge on any atom is 0.175 e. The van der Waals surface area contributed by atoms with Gasteiger partial charge in [0.25, 0.3) is 0 Å². The smallest absolute Gasteiger partial charge is 0.175 e. The highest BCUT2D eigenvalue weighted by Gasteiger charge is 2.18. The third-order valence-electron chi connectivity index (χ3n) is 2.83. The predicted molar refractivity (Wildman–Crippen MR) is 67.8 cm³/mol. The van der Waals surface area contributed by atoms with Crippen LogP contribution in [0.25, 0.3) is 0 Å². The van der Waals surface area contributed by atoms with E-state index in [0.717, 1.165) is 19.1 Å². The zero-order valence-electron chi connectivity index (χ0n) is 10.2. The molecule has 5 heteroatoms. The van der Waals surface area contributed by atoms with E-state index in [1.54, 1.807) is 12.1 Å². The van der Waals surface area contributed by atoms with Gasteiger partial charge in [-0.1, -0.05) is 12.1 Å². The first kappa shape index (κ1) is 13.1. The first-order valence-electron chi connectivity index (χ1n) is 5.79. The van der Waals surface area contributed by atoms with Crippen molar-refractivity contribution in [3.05, 3.63) is 41.7 Å². The Kier molecular flexibility index (Phi) is 3.73. The Balaban J connectivity index is 2.31. The van der Waals surface area contributed by atoms with E-state index in [0.29, 0.717) is 17.9 Å². The summed E-state index contributed by atoms with van der Waals surface area (Å²) in [6, 6.07) is 6.32. The number of hydrogen-bond acceptors (Lipinski definition) is 4. The maximum absolute atomic E-state index is 11.5. The van der Waals surface area contributed by atoms with E-state index >= 15 is 0 Å². The van der Waals surface area contributed by atoms with Gasteiger partial charge in [-0.2, -0.15) is 0 Å². The van der Waals surface area contributed by atoms with Gasteiger partial charge in [-0.25, -0.2) is 8.42 Å². The molecule has 0 aliphatic carbocycles. The van der Waals surface area contributed by atoms with Crippen LogP contribution in [0.5, 0.6) is 0 Å². The Morgan fingerprint density at radius 2 is 2.17 bits per heavy atom. The first-order valence-corrected chi connectivity index (χ1v) is 7.68. The summed E-state index contributed by atoms with van der Waals surface area (Å²) in [6.45, 7) is 0.592. The summed E-state index contributed by atoms with van der Waals surface area (Å²) < 4.78 is 28.3. The highest BCUT2D eigenvalue weighted by molar-refractivity contribution is 7.90. The second kappa shape index (κ2) is 5.12. The molecule has 1 heterocycles. The molecule has 1 aliphatic rings. The minimum atomic E-state index is -3.26. The molecule has 1 N–H and O–H groups in total. The van der Waals surface area contributed by atoms with Crippen molar-refractivity contribution in [1.82, 2.24) is 0 Å². The lowest BCUT2D eigenvalue weighted by Crippen LogP contribution is -2.10. The number of rotatable bonds is 3. The number of aliphatic hydroxyl groups is 1. The van der Waals surface area contributed by atoms with E-state index in [1.807, 2.05) is 6.08 Å². The molecule has 18 heavy (non-hydrogen) atoms. The number of aliphatic hydroxyl groups excluding tert-OH is 1. The molecule has 0 bridgehead atoms. The molecule has 1 unspecified atom stereocenters. The fourth-order valence-electron chi connectivity index (χ4n) is 1.85. The van der Waals surface area contributed by atoms with Crippen LogP contribution >= 0.6 is 0 Å². The van der Waals surface area contributed by atoms with Gasteiger partial charge in [0.2, 0.25) is 0 Å². The number of sulfone groups is 1. The van der Waals surface area contributed by atoms with Crippen molar-refractivity contribution in [1.29, 1.82) is 0 Å². The van der Waals surface area contributed by atoms with Crippen molar-refractivity contribution < 1.29 is 18.3 Å². The van der Waals surface area contributed by atoms with E-state index in [-0.39, 0.29) is 4.90 Å². The molecule has 1 atom stereocenters. The predicted octanol–water partition coefficient (Wildman–Crippen LogP) is 1.82. The molecule has 0 amide bonds. The van der Waals surface area contributed by atoms with E-state index in [4.69, 9.17) is 4.74 Å². The molecule has 1 aromatic rings. The van der Waals surface area contributed by atoms with Crippen molar-refractivity contribution in [2.24, 2.45) is 0 Å². The quantitative estimate of drug-likeness (QED) is 0.908. The molecule has 98 valence electrons. The zero-order valence-corrected chi connectivity index (χ0v) is 11.0. The summed E-state index contributed by atoms with van der Waals surface area (Å²) in [5.74, 6) is 0.506. The summed E-state index contributed by atoms with van der Waals surface area (Å²) in [6.07, 6.45) is 3.92. The molecule has 4 nitrogen and oxygen atoms in total. The van der Waals surface area contributed by atoms with Gasteiger partial charge in [0.1, 0.15) is 11.9 Å². The molecule has 0 aromatic heterocycles. The summed E-state index contributed by atoms with van der Waals surface area (Å²) in [5.41, 5.74) is 0.533. The van der Waals surface area contributed by atoms with E-state index in [2.05, 4.69) is 0 Å². The van der Waals surface area contributed by atoms with Crippen LogP contribution < -0.4 is 0 Å². The molecule has 0 saturated carbocycles. The SMILES string of the molecule is CS(=O)(=O)c1cccc(C(O)C2=CCCCO2)c1. The van der Waals surface area contributed by atoms with E-state index in [9.17, 15) is 13.5 Å². The van der Waals surface area contributed by atoms with E-state index < -0.39 is 15.9 Å². The van der Waals surface area contributed by atoms with Gasteiger partial charge in [0.15, 0.2) is 9.84 Å². The van der Waals surface area contributed by atoms with Crippen LogP contribution in [0.4, 0.5) is 0 Å². The largest absolute Gasteiger partial charge is 0.495 e. The van der Waals surface area contributed by atoms with Crippen molar-refractivity contribution >= 4 is 9.84 Å². The lowest BCUT2D eigenvalue weighted by Gasteiger charge is -2.20. The van der Waals surface area contributed by atoms with Crippen LogP contribution in [0.15, 0.2) is 41.0 Å². The Labute approximate surface area is 107 Å².